The van der Waals surface area contributed by atoms with Crippen molar-refractivity contribution >= 4 is 30.0 Å². The first-order valence-corrected chi connectivity index (χ1v) is 22.7. The Balaban J connectivity index is 0.836. The van der Waals surface area contributed by atoms with Crippen LogP contribution < -0.4 is 16.0 Å². The maximum Gasteiger partial charge on any atom is 0.408 e. The Bertz CT molecular complexity index is 2430. The highest BCUT2D eigenvalue weighted by atomic mass is 16.6. The number of likely N-dealkylation sites (tertiary alicyclic amines) is 2. The number of hydrogen-bond acceptors (Lipinski definition) is 9. The molecule has 0 saturated carbocycles. The van der Waals surface area contributed by atoms with Gasteiger partial charge >= 0.3 is 6.09 Å². The van der Waals surface area contributed by atoms with E-state index in [0.717, 1.165) is 78.2 Å². The van der Waals surface area contributed by atoms with E-state index in [-0.39, 0.29) is 41.8 Å². The molecule has 4 amide bonds. The summed E-state index contributed by atoms with van der Waals surface area (Å²) in [7, 11) is 0. The number of imidazole rings is 2. The standard InChI is InChI=1S/C49H57N9O6/c1-30(2)43(53-29-59)47(60)57-20-6-10-41(57)46-52-28-40(55-46)36-24-35-17-16-34(25-38(35)50-26-36)31-12-14-32(15-13-31)39-27-51-45(54-39)42-11-7-21-58(42)48(61)44(33-8-4-3-5-9-33)56-49(62)64-37-18-22-63-23-19-37/h3-5,8-9,12-17,25,27-30,36-37,41-44,50H,6-7,10-11,18-24,26H2,1-2H3,(H,51,54)(H,52,55)(H,53,59)(H,56,62)/t36?,41-,42-,43-,44+/m0/s1. The van der Waals surface area contributed by atoms with Crippen molar-refractivity contribution in [3.8, 4) is 22.4 Å². The summed E-state index contributed by atoms with van der Waals surface area (Å²) in [6, 6.07) is 22.4. The minimum atomic E-state index is -0.897. The number of nitrogens with zero attached hydrogens (tertiary/aromatic N) is 4. The number of rotatable bonds is 13. The quantitative estimate of drug-likeness (QED) is 0.0780. The largest absolute Gasteiger partial charge is 0.446 e. The van der Waals surface area contributed by atoms with Gasteiger partial charge in [-0.15, -0.1) is 0 Å². The van der Waals surface area contributed by atoms with Crippen molar-refractivity contribution in [1.29, 1.82) is 0 Å². The van der Waals surface area contributed by atoms with E-state index in [1.165, 1.54) is 5.56 Å². The number of amides is 4. The van der Waals surface area contributed by atoms with Crippen LogP contribution in [0.15, 0.2) is 85.2 Å². The number of ether oxygens (including phenoxy) is 2. The Labute approximate surface area is 373 Å². The molecule has 15 heteroatoms. The number of benzene rings is 3. The highest BCUT2D eigenvalue weighted by Gasteiger charge is 2.39. The molecule has 3 fully saturated rings. The Morgan fingerprint density at radius 1 is 0.812 bits per heavy atom. The SMILES string of the molecule is CC(C)[C@H](NC=O)C(=O)N1CCC[C@H]1c1ncc(C2CNc3cc(-c4ccc(-c5cnc([C@@H]6CCCN6C(=O)[C@H](NC(=O)OC6CCOCC6)c6ccccc6)[nH]5)cc4)ccc3C2)[nH]1. The van der Waals surface area contributed by atoms with Crippen LogP contribution in [0, 0.1) is 5.92 Å². The lowest BCUT2D eigenvalue weighted by molar-refractivity contribution is -0.137. The number of carbonyl (C=O) groups excluding carboxylic acids is 4. The zero-order chi connectivity index (χ0) is 44.2. The van der Waals surface area contributed by atoms with Crippen molar-refractivity contribution < 1.29 is 28.7 Å². The van der Waals surface area contributed by atoms with Crippen LogP contribution in [0.4, 0.5) is 10.5 Å². The van der Waals surface area contributed by atoms with Crippen molar-refractivity contribution in [2.45, 2.75) is 95.0 Å². The number of aromatic amines is 2. The molecule has 5 aromatic rings. The van der Waals surface area contributed by atoms with Crippen LogP contribution in [0.25, 0.3) is 22.4 Å². The highest BCUT2D eigenvalue weighted by Crippen LogP contribution is 2.38. The first-order chi connectivity index (χ1) is 31.2. The van der Waals surface area contributed by atoms with E-state index < -0.39 is 18.2 Å². The molecule has 15 nitrogen and oxygen atoms in total. The molecule has 5 N–H and O–H groups in total. The van der Waals surface area contributed by atoms with E-state index in [2.05, 4.69) is 68.4 Å². The minimum Gasteiger partial charge on any atom is -0.446 e. The van der Waals surface area contributed by atoms with E-state index in [0.29, 0.717) is 56.9 Å². The molecule has 5 atom stereocenters. The summed E-state index contributed by atoms with van der Waals surface area (Å²) < 4.78 is 11.1. The number of hydrogen-bond donors (Lipinski definition) is 5. The van der Waals surface area contributed by atoms with Gasteiger partial charge in [-0.25, -0.2) is 14.8 Å². The number of anilines is 1. The lowest BCUT2D eigenvalue weighted by Gasteiger charge is -2.29. The number of carbonyl (C=O) groups is 4. The van der Waals surface area contributed by atoms with E-state index in [1.54, 1.807) is 0 Å². The van der Waals surface area contributed by atoms with Crippen LogP contribution in [-0.4, -0.2) is 99.0 Å². The minimum absolute atomic E-state index is 0.0157. The molecule has 0 aliphatic carbocycles. The van der Waals surface area contributed by atoms with Gasteiger partial charge in [0.15, 0.2) is 0 Å². The third kappa shape index (κ3) is 9.12. The molecule has 3 saturated heterocycles. The molecule has 1 unspecified atom stereocenters. The number of H-pyrrole nitrogens is 2. The molecule has 4 aliphatic rings. The summed E-state index contributed by atoms with van der Waals surface area (Å²) in [6.45, 7) is 6.93. The first-order valence-electron chi connectivity index (χ1n) is 22.7. The zero-order valence-corrected chi connectivity index (χ0v) is 36.4. The second kappa shape index (κ2) is 19.1. The van der Waals surface area contributed by atoms with Gasteiger partial charge in [-0.1, -0.05) is 80.6 Å². The number of alkyl carbamates (subject to hydrolysis) is 1. The predicted octanol–water partition coefficient (Wildman–Crippen LogP) is 6.96. The predicted molar refractivity (Wildman–Crippen MR) is 241 cm³/mol. The van der Waals surface area contributed by atoms with Gasteiger partial charge in [0.1, 0.15) is 29.8 Å². The van der Waals surface area contributed by atoms with E-state index in [1.807, 2.05) is 66.4 Å². The van der Waals surface area contributed by atoms with Gasteiger partial charge in [-0.3, -0.25) is 14.4 Å². The Morgan fingerprint density at radius 2 is 1.48 bits per heavy atom. The molecule has 4 aliphatic heterocycles. The van der Waals surface area contributed by atoms with Crippen LogP contribution in [0.5, 0.6) is 0 Å². The average molecular weight is 868 g/mol. The van der Waals surface area contributed by atoms with E-state index >= 15 is 0 Å². The molecule has 3 aromatic carbocycles. The van der Waals surface area contributed by atoms with E-state index in [4.69, 9.17) is 19.4 Å². The van der Waals surface area contributed by atoms with Gasteiger partial charge < -0.3 is 45.2 Å². The van der Waals surface area contributed by atoms with Crippen molar-refractivity contribution in [3.63, 3.8) is 0 Å². The van der Waals surface area contributed by atoms with Crippen LogP contribution in [0.3, 0.4) is 0 Å². The highest BCUT2D eigenvalue weighted by molar-refractivity contribution is 5.87. The number of nitrogens with one attached hydrogen (secondary N) is 5. The third-order valence-electron chi connectivity index (χ3n) is 13.3. The van der Waals surface area contributed by atoms with Crippen molar-refractivity contribution in [2.24, 2.45) is 5.92 Å². The van der Waals surface area contributed by atoms with E-state index in [9.17, 15) is 19.2 Å². The van der Waals surface area contributed by atoms with Gasteiger partial charge in [0.05, 0.1) is 37.2 Å². The topological polar surface area (TPSA) is 187 Å². The summed E-state index contributed by atoms with van der Waals surface area (Å²) in [5, 5.41) is 9.25. The Kier molecular flexibility index (Phi) is 12.8. The Hall–Kier alpha value is -6.48. The van der Waals surface area contributed by atoms with Gasteiger partial charge in [0, 0.05) is 56.0 Å². The first kappa shape index (κ1) is 42.8. The van der Waals surface area contributed by atoms with Crippen molar-refractivity contribution in [1.82, 2.24) is 40.4 Å². The van der Waals surface area contributed by atoms with Gasteiger partial charge in [-0.2, -0.15) is 0 Å². The lowest BCUT2D eigenvalue weighted by Crippen LogP contribution is -2.48. The molecule has 2 aromatic heterocycles. The third-order valence-corrected chi connectivity index (χ3v) is 13.3. The smallest absolute Gasteiger partial charge is 0.408 e. The van der Waals surface area contributed by atoms with Crippen LogP contribution >= 0.6 is 0 Å². The molecule has 9 rings (SSSR count). The van der Waals surface area contributed by atoms with Crippen LogP contribution in [0.1, 0.15) is 105 Å². The van der Waals surface area contributed by atoms with Gasteiger partial charge in [0.25, 0.3) is 5.91 Å². The number of aromatic nitrogens is 4. The van der Waals surface area contributed by atoms with Gasteiger partial charge in [0.2, 0.25) is 12.3 Å². The average Bonchev–Trinajstić information content (AvgIpc) is 4.17. The summed E-state index contributed by atoms with van der Waals surface area (Å²) in [5.74, 6) is 1.44. The molecule has 64 heavy (non-hydrogen) atoms. The van der Waals surface area contributed by atoms with Crippen molar-refractivity contribution in [2.75, 3.05) is 38.2 Å². The molecular weight excluding hydrogens is 811 g/mol. The number of fused-ring (bicyclic) bond motifs is 1. The molecular formula is C49H57N9O6. The monoisotopic (exact) mass is 867 g/mol. The summed E-state index contributed by atoms with van der Waals surface area (Å²) in [4.78, 5) is 72.3. The summed E-state index contributed by atoms with van der Waals surface area (Å²) >= 11 is 0. The summed E-state index contributed by atoms with van der Waals surface area (Å²) in [6.07, 6.45) is 8.92. The fourth-order valence-electron chi connectivity index (χ4n) is 9.74. The van der Waals surface area contributed by atoms with Crippen LogP contribution in [-0.2, 0) is 30.3 Å². The maximum atomic E-state index is 14.3. The van der Waals surface area contributed by atoms with Crippen LogP contribution in [0.2, 0.25) is 0 Å². The molecule has 0 spiro atoms. The molecule has 334 valence electrons. The maximum absolute atomic E-state index is 14.3. The normalized spacial score (nSPS) is 20.9. The second-order valence-corrected chi connectivity index (χ2v) is 17.7. The van der Waals surface area contributed by atoms with Crippen molar-refractivity contribution in [3.05, 3.63) is 114 Å². The zero-order valence-electron chi connectivity index (χ0n) is 36.4. The lowest BCUT2D eigenvalue weighted by atomic mass is 9.90. The molecule has 0 bridgehead atoms. The van der Waals surface area contributed by atoms with Gasteiger partial charge in [-0.05, 0) is 71.9 Å². The Morgan fingerprint density at radius 3 is 2.20 bits per heavy atom. The summed E-state index contributed by atoms with van der Waals surface area (Å²) in [5.41, 5.74) is 8.13. The second-order valence-electron chi connectivity index (χ2n) is 17.7. The molecule has 6 heterocycles. The molecule has 0 radical (unpaired) electrons. The fraction of sp³-hybridized carbons (Fsp3) is 0.429. The fourth-order valence-corrected chi connectivity index (χ4v) is 9.74.